The maximum atomic E-state index is 9.29. The third kappa shape index (κ3) is 2.72. The molecule has 3 heterocycles. The third-order valence-electron chi connectivity index (χ3n) is 4.26. The van der Waals surface area contributed by atoms with Crippen molar-refractivity contribution in [1.29, 1.82) is 5.26 Å². The van der Waals surface area contributed by atoms with E-state index in [2.05, 4.69) is 50.2 Å². The van der Waals surface area contributed by atoms with Gasteiger partial charge in [-0.1, -0.05) is 36.4 Å². The summed E-state index contributed by atoms with van der Waals surface area (Å²) in [5.41, 5.74) is 10.5. The molecule has 0 atom stereocenters. The Kier molecular flexibility index (Phi) is 3.96. The van der Waals surface area contributed by atoms with Crippen molar-refractivity contribution in [2.45, 2.75) is 6.54 Å². The number of nitriles is 1. The van der Waals surface area contributed by atoms with Crippen molar-refractivity contribution in [3.05, 3.63) is 78.4 Å². The lowest BCUT2D eigenvalue weighted by molar-refractivity contribution is 1.07. The van der Waals surface area contributed by atoms with E-state index >= 15 is 0 Å². The topological polar surface area (TPSA) is 92.0 Å². The molecule has 0 aliphatic carbocycles. The average molecular weight is 340 g/mol. The van der Waals surface area contributed by atoms with Gasteiger partial charge in [-0.3, -0.25) is 0 Å². The molecule has 6 nitrogen and oxygen atoms in total. The Hall–Kier alpha value is -3.85. The van der Waals surface area contributed by atoms with Gasteiger partial charge in [0, 0.05) is 24.5 Å². The number of hydrogen-bond acceptors (Lipinski definition) is 5. The molecule has 0 fully saturated rings. The lowest BCUT2D eigenvalue weighted by atomic mass is 10.0. The maximum Gasteiger partial charge on any atom is 0.149 e. The van der Waals surface area contributed by atoms with E-state index in [4.69, 9.17) is 5.73 Å². The minimum Gasteiger partial charge on any atom is -0.382 e. The van der Waals surface area contributed by atoms with Gasteiger partial charge in [-0.2, -0.15) is 5.26 Å². The number of nitrogens with zero attached hydrogens (tertiary/aromatic N) is 4. The van der Waals surface area contributed by atoms with E-state index in [1.807, 2.05) is 36.5 Å². The normalized spacial score (nSPS) is 10.6. The molecule has 0 bridgehead atoms. The first-order valence-electron chi connectivity index (χ1n) is 8.16. The zero-order valence-electron chi connectivity index (χ0n) is 13.9. The van der Waals surface area contributed by atoms with Gasteiger partial charge in [0.05, 0.1) is 5.52 Å². The second-order valence-electron chi connectivity index (χ2n) is 5.84. The second kappa shape index (κ2) is 6.57. The highest BCUT2D eigenvalue weighted by Crippen LogP contribution is 2.31. The van der Waals surface area contributed by atoms with E-state index in [0.717, 1.165) is 22.2 Å². The Morgan fingerprint density at radius 1 is 1.08 bits per heavy atom. The van der Waals surface area contributed by atoms with E-state index < -0.39 is 0 Å². The van der Waals surface area contributed by atoms with E-state index in [9.17, 15) is 5.26 Å². The van der Waals surface area contributed by atoms with E-state index in [0.29, 0.717) is 12.4 Å². The molecule has 0 saturated carbocycles. The molecule has 0 amide bonds. The number of nitrogens with one attached hydrogen (secondary N) is 1. The first-order valence-corrected chi connectivity index (χ1v) is 8.16. The molecule has 0 radical (unpaired) electrons. The van der Waals surface area contributed by atoms with Crippen LogP contribution in [0.4, 0.5) is 11.6 Å². The molecule has 26 heavy (non-hydrogen) atoms. The molecule has 0 saturated heterocycles. The number of nitrogen functional groups attached to an aromatic ring is 1. The van der Waals surface area contributed by atoms with Gasteiger partial charge < -0.3 is 15.5 Å². The molecule has 0 aliphatic rings. The van der Waals surface area contributed by atoms with Gasteiger partial charge in [0.2, 0.25) is 0 Å². The van der Waals surface area contributed by atoms with Crippen LogP contribution in [0, 0.1) is 11.3 Å². The van der Waals surface area contributed by atoms with Gasteiger partial charge in [0.1, 0.15) is 29.6 Å². The summed E-state index contributed by atoms with van der Waals surface area (Å²) in [4.78, 5) is 8.02. The predicted octanol–water partition coefficient (Wildman–Crippen LogP) is 3.46. The highest BCUT2D eigenvalue weighted by atomic mass is 15.0. The van der Waals surface area contributed by atoms with Gasteiger partial charge in [-0.05, 0) is 23.3 Å². The van der Waals surface area contributed by atoms with E-state index in [1.165, 1.54) is 6.33 Å². The lowest BCUT2D eigenvalue weighted by Gasteiger charge is -2.09. The van der Waals surface area contributed by atoms with Crippen LogP contribution in [-0.2, 0) is 6.54 Å². The summed E-state index contributed by atoms with van der Waals surface area (Å²) < 4.78 is 2.10. The van der Waals surface area contributed by atoms with E-state index in [1.54, 1.807) is 0 Å². The first kappa shape index (κ1) is 15.7. The standard InChI is InChI=1S/C20H16N6/c21-10-16-19(22)24-13-25-20(16)23-11-15-12-26-9-5-4-8-17(26)18(15)14-6-2-1-3-7-14/h1-9,12-13H,11H2,(H3,22,23,24,25). The highest BCUT2D eigenvalue weighted by Gasteiger charge is 2.14. The van der Waals surface area contributed by atoms with Crippen molar-refractivity contribution in [2.24, 2.45) is 0 Å². The molecule has 4 rings (SSSR count). The molecule has 6 heteroatoms. The van der Waals surface area contributed by atoms with Crippen molar-refractivity contribution in [2.75, 3.05) is 11.1 Å². The molecular formula is C20H16N6. The smallest absolute Gasteiger partial charge is 0.149 e. The summed E-state index contributed by atoms with van der Waals surface area (Å²) >= 11 is 0. The van der Waals surface area contributed by atoms with Crippen LogP contribution in [0.25, 0.3) is 16.6 Å². The van der Waals surface area contributed by atoms with Crippen LogP contribution in [0.5, 0.6) is 0 Å². The average Bonchev–Trinajstić information content (AvgIpc) is 3.05. The number of rotatable bonds is 4. The van der Waals surface area contributed by atoms with Crippen molar-refractivity contribution < 1.29 is 0 Å². The third-order valence-corrected chi connectivity index (χ3v) is 4.26. The lowest BCUT2D eigenvalue weighted by Crippen LogP contribution is -2.06. The molecule has 3 aromatic heterocycles. The van der Waals surface area contributed by atoms with Crippen molar-refractivity contribution >= 4 is 17.2 Å². The molecule has 4 aromatic rings. The fraction of sp³-hybridized carbons (Fsp3) is 0.0500. The van der Waals surface area contributed by atoms with Crippen LogP contribution >= 0.6 is 0 Å². The predicted molar refractivity (Wildman–Crippen MR) is 101 cm³/mol. The Balaban J connectivity index is 1.76. The minimum absolute atomic E-state index is 0.176. The van der Waals surface area contributed by atoms with Crippen LogP contribution in [-0.4, -0.2) is 14.4 Å². The maximum absolute atomic E-state index is 9.29. The Bertz CT molecular complexity index is 1110. The molecule has 0 spiro atoms. The zero-order chi connectivity index (χ0) is 17.9. The molecule has 126 valence electrons. The second-order valence-corrected chi connectivity index (χ2v) is 5.84. The van der Waals surface area contributed by atoms with Crippen LogP contribution in [0.1, 0.15) is 11.1 Å². The highest BCUT2D eigenvalue weighted by molar-refractivity contribution is 5.84. The fourth-order valence-electron chi connectivity index (χ4n) is 3.07. The molecule has 0 unspecified atom stereocenters. The summed E-state index contributed by atoms with van der Waals surface area (Å²) in [7, 11) is 0. The Morgan fingerprint density at radius 3 is 2.69 bits per heavy atom. The molecule has 3 N–H and O–H groups in total. The summed E-state index contributed by atoms with van der Waals surface area (Å²) in [6, 6.07) is 18.4. The molecule has 1 aromatic carbocycles. The van der Waals surface area contributed by atoms with Crippen LogP contribution < -0.4 is 11.1 Å². The van der Waals surface area contributed by atoms with Gasteiger partial charge in [-0.25, -0.2) is 9.97 Å². The van der Waals surface area contributed by atoms with Crippen molar-refractivity contribution in [3.63, 3.8) is 0 Å². The number of aromatic nitrogens is 3. The van der Waals surface area contributed by atoms with Crippen molar-refractivity contribution in [3.8, 4) is 17.2 Å². The minimum atomic E-state index is 0.176. The number of anilines is 2. The van der Waals surface area contributed by atoms with E-state index in [-0.39, 0.29) is 11.4 Å². The van der Waals surface area contributed by atoms with Crippen molar-refractivity contribution in [1.82, 2.24) is 14.4 Å². The number of benzene rings is 1. The largest absolute Gasteiger partial charge is 0.382 e. The molecule has 0 aliphatic heterocycles. The Labute approximate surface area is 150 Å². The summed E-state index contributed by atoms with van der Waals surface area (Å²) in [5, 5.41) is 12.5. The Morgan fingerprint density at radius 2 is 1.88 bits per heavy atom. The number of nitrogens with two attached hydrogens (primary N) is 1. The SMILES string of the molecule is N#Cc1c(N)ncnc1NCc1cn2ccccc2c1-c1ccccc1. The zero-order valence-corrected chi connectivity index (χ0v) is 13.9. The number of hydrogen-bond donors (Lipinski definition) is 2. The summed E-state index contributed by atoms with van der Waals surface area (Å²) in [6.07, 6.45) is 5.46. The van der Waals surface area contributed by atoms with Gasteiger partial charge in [0.25, 0.3) is 0 Å². The van der Waals surface area contributed by atoms with Crippen LogP contribution in [0.3, 0.4) is 0 Å². The van der Waals surface area contributed by atoms with Gasteiger partial charge in [0.15, 0.2) is 0 Å². The number of pyridine rings is 1. The van der Waals surface area contributed by atoms with Gasteiger partial charge in [-0.15, -0.1) is 0 Å². The quantitative estimate of drug-likeness (QED) is 0.593. The van der Waals surface area contributed by atoms with Crippen LogP contribution in [0.2, 0.25) is 0 Å². The number of fused-ring (bicyclic) bond motifs is 1. The summed E-state index contributed by atoms with van der Waals surface area (Å²) in [6.45, 7) is 0.511. The van der Waals surface area contributed by atoms with Gasteiger partial charge >= 0.3 is 0 Å². The monoisotopic (exact) mass is 340 g/mol. The molecular weight excluding hydrogens is 324 g/mol. The van der Waals surface area contributed by atoms with Crippen LogP contribution in [0.15, 0.2) is 67.3 Å². The fourth-order valence-corrected chi connectivity index (χ4v) is 3.07. The first-order chi connectivity index (χ1) is 12.8. The summed E-state index contributed by atoms with van der Waals surface area (Å²) in [5.74, 6) is 0.615.